The van der Waals surface area contributed by atoms with Crippen molar-refractivity contribution in [1.82, 2.24) is 4.72 Å². The number of nitrogens with one attached hydrogen (secondary N) is 1. The van der Waals surface area contributed by atoms with Crippen LogP contribution in [0.25, 0.3) is 0 Å². The van der Waals surface area contributed by atoms with Gasteiger partial charge in [-0.3, -0.25) is 4.72 Å². The minimum absolute atomic E-state index is 0.00597. The first kappa shape index (κ1) is 28.5. The number of unbranched alkanes of at least 4 members (excludes halogenated alkanes) is 1. The summed E-state index contributed by atoms with van der Waals surface area (Å²) in [4.78, 5) is 0. The first-order valence-electron chi connectivity index (χ1n) is 16.1. The molecule has 0 amide bonds. The molecule has 0 aromatic heterocycles. The van der Waals surface area contributed by atoms with Gasteiger partial charge < -0.3 is 4.74 Å². The fourth-order valence-electron chi connectivity index (χ4n) is 10.4. The van der Waals surface area contributed by atoms with Gasteiger partial charge >= 0.3 is 0 Å². The Morgan fingerprint density at radius 2 is 1.89 bits per heavy atom. The molecule has 0 radical (unpaired) electrons. The van der Waals surface area contributed by atoms with Crippen molar-refractivity contribution >= 4 is 11.0 Å². The summed E-state index contributed by atoms with van der Waals surface area (Å²) >= 11 is 0. The summed E-state index contributed by atoms with van der Waals surface area (Å²) in [5.74, 6) is 6.26. The Bertz CT molecular complexity index is 941. The molecule has 10 atom stereocenters. The maximum Gasteiger partial charge on any atom is 0.191 e. The van der Waals surface area contributed by atoms with Gasteiger partial charge in [0.25, 0.3) is 0 Å². The predicted molar refractivity (Wildman–Crippen MR) is 161 cm³/mol. The Labute approximate surface area is 236 Å². The number of hydrogen-bond donors (Lipinski definition) is 1. The van der Waals surface area contributed by atoms with Gasteiger partial charge in [-0.1, -0.05) is 63.8 Å². The average Bonchev–Trinajstić information content (AvgIpc) is 3.24. The monoisotopic (exact) mass is 541 g/mol. The fourth-order valence-corrected chi connectivity index (χ4v) is 11.3. The van der Waals surface area contributed by atoms with Crippen LogP contribution in [0.3, 0.4) is 0 Å². The molecular formula is C34H55NO2S. The van der Waals surface area contributed by atoms with Gasteiger partial charge in [0.1, 0.15) is 11.0 Å². The van der Waals surface area contributed by atoms with Crippen molar-refractivity contribution in [3.63, 3.8) is 0 Å². The molecule has 214 valence electrons. The van der Waals surface area contributed by atoms with Gasteiger partial charge in [0, 0.05) is 0 Å². The van der Waals surface area contributed by atoms with Gasteiger partial charge in [-0.2, -0.15) is 0 Å². The Kier molecular flexibility index (Phi) is 8.87. The molecule has 0 heterocycles. The second kappa shape index (κ2) is 11.8. The van der Waals surface area contributed by atoms with Gasteiger partial charge in [0.2, 0.25) is 0 Å². The third-order valence-electron chi connectivity index (χ3n) is 12.4. The topological polar surface area (TPSA) is 38.3 Å². The van der Waals surface area contributed by atoms with Crippen LogP contribution in [-0.2, 0) is 15.7 Å². The van der Waals surface area contributed by atoms with Crippen molar-refractivity contribution in [2.24, 2.45) is 46.3 Å². The lowest BCUT2D eigenvalue weighted by Crippen LogP contribution is -2.55. The third kappa shape index (κ3) is 5.46. The molecule has 0 aromatic carbocycles. The van der Waals surface area contributed by atoms with Crippen LogP contribution in [0.4, 0.5) is 0 Å². The summed E-state index contributed by atoms with van der Waals surface area (Å²) in [6.45, 7) is 14.6. The van der Waals surface area contributed by atoms with E-state index in [-0.39, 0.29) is 5.25 Å². The van der Waals surface area contributed by atoms with Crippen molar-refractivity contribution in [2.45, 2.75) is 123 Å². The zero-order chi connectivity index (χ0) is 26.9. The number of ether oxygens (including phenoxy) is 1. The molecule has 1 N–H and O–H groups in total. The van der Waals surface area contributed by atoms with Crippen LogP contribution in [0.15, 0.2) is 36.3 Å². The number of fused-ring (bicyclic) bond motifs is 5. The van der Waals surface area contributed by atoms with Gasteiger partial charge in [0.15, 0.2) is 5.88 Å². The molecular weight excluding hydrogens is 486 g/mol. The van der Waals surface area contributed by atoms with E-state index in [1.54, 1.807) is 0 Å². The van der Waals surface area contributed by atoms with Crippen molar-refractivity contribution < 1.29 is 8.95 Å². The van der Waals surface area contributed by atoms with Crippen LogP contribution in [0.5, 0.6) is 0 Å². The van der Waals surface area contributed by atoms with E-state index in [0.29, 0.717) is 23.3 Å². The van der Waals surface area contributed by atoms with Crippen molar-refractivity contribution in [2.75, 3.05) is 6.61 Å². The van der Waals surface area contributed by atoms with E-state index in [1.165, 1.54) is 82.6 Å². The second-order valence-corrected chi connectivity index (χ2v) is 15.6. The maximum atomic E-state index is 12.6. The highest BCUT2D eigenvalue weighted by Gasteiger charge is 2.60. The number of allylic oxidation sites excluding steroid dienone is 3. The van der Waals surface area contributed by atoms with Crippen LogP contribution < -0.4 is 4.72 Å². The molecule has 3 nitrogen and oxygen atoms in total. The van der Waals surface area contributed by atoms with Gasteiger partial charge in [-0.25, -0.2) is 4.21 Å². The van der Waals surface area contributed by atoms with Crippen molar-refractivity contribution in [1.29, 1.82) is 0 Å². The normalized spacial score (nSPS) is 42.8. The van der Waals surface area contributed by atoms with E-state index in [0.717, 1.165) is 48.3 Å². The average molecular weight is 542 g/mol. The van der Waals surface area contributed by atoms with E-state index in [1.807, 2.05) is 12.2 Å². The van der Waals surface area contributed by atoms with E-state index in [2.05, 4.69) is 45.1 Å². The molecule has 0 spiro atoms. The van der Waals surface area contributed by atoms with Crippen LogP contribution in [0.1, 0.15) is 118 Å². The van der Waals surface area contributed by atoms with Crippen molar-refractivity contribution in [3.05, 3.63) is 36.3 Å². The predicted octanol–water partition coefficient (Wildman–Crippen LogP) is 8.86. The molecule has 5 aliphatic rings. The van der Waals surface area contributed by atoms with Crippen LogP contribution >= 0.6 is 0 Å². The van der Waals surface area contributed by atoms with E-state index in [9.17, 15) is 4.21 Å². The summed E-state index contributed by atoms with van der Waals surface area (Å²) in [5, 5.41) is -0.00597. The van der Waals surface area contributed by atoms with Crippen LogP contribution in [0, 0.1) is 46.3 Å². The van der Waals surface area contributed by atoms with Crippen LogP contribution in [-0.4, -0.2) is 16.1 Å². The van der Waals surface area contributed by atoms with Crippen LogP contribution in [0.2, 0.25) is 0 Å². The number of rotatable bonds is 10. The zero-order valence-corrected chi connectivity index (χ0v) is 25.6. The molecule has 0 aromatic rings. The minimum atomic E-state index is -1.19. The smallest absolute Gasteiger partial charge is 0.191 e. The second-order valence-electron chi connectivity index (χ2n) is 14.2. The molecule has 7 unspecified atom stereocenters. The van der Waals surface area contributed by atoms with Crippen molar-refractivity contribution in [3.8, 4) is 0 Å². The quantitative estimate of drug-likeness (QED) is 0.222. The van der Waals surface area contributed by atoms with Gasteiger partial charge in [0.05, 0.1) is 11.9 Å². The number of hydrogen-bond acceptors (Lipinski definition) is 2. The standard InChI is InChI=1S/C34H55NO2S/c1-6-26-23-29-31-18-15-27(33(31,4)21-19-32(29)34(5)20-9-7-12-30(26)34)11-8-10-22-37-25(3)35-38(36)28-16-13-24(2)14-17-28/h13-14,16,26-32,35H,3,6-12,15,17-23H2,1-2,4-5H3/t26-,27?,28?,29?,30?,31-,32-,33?,34?,38?/m0/s1. The molecule has 4 saturated carbocycles. The molecule has 4 heteroatoms. The third-order valence-corrected chi connectivity index (χ3v) is 13.8. The maximum absolute atomic E-state index is 12.6. The molecule has 38 heavy (non-hydrogen) atoms. The Morgan fingerprint density at radius 3 is 2.66 bits per heavy atom. The van der Waals surface area contributed by atoms with Gasteiger partial charge in [-0.15, -0.1) is 0 Å². The molecule has 0 saturated heterocycles. The van der Waals surface area contributed by atoms with E-state index >= 15 is 0 Å². The largest absolute Gasteiger partial charge is 0.479 e. The molecule has 5 aliphatic carbocycles. The lowest BCUT2D eigenvalue weighted by Gasteiger charge is -2.62. The Morgan fingerprint density at radius 1 is 1.08 bits per heavy atom. The van der Waals surface area contributed by atoms with E-state index < -0.39 is 11.0 Å². The molecule has 4 fully saturated rings. The lowest BCUT2D eigenvalue weighted by atomic mass is 9.42. The molecule has 0 aliphatic heterocycles. The minimum Gasteiger partial charge on any atom is -0.479 e. The fraction of sp³-hybridized carbons (Fsp3) is 0.824. The zero-order valence-electron chi connectivity index (χ0n) is 24.8. The summed E-state index contributed by atoms with van der Waals surface area (Å²) in [5.41, 5.74) is 2.42. The highest BCUT2D eigenvalue weighted by Crippen LogP contribution is 2.69. The summed E-state index contributed by atoms with van der Waals surface area (Å²) < 4.78 is 21.4. The highest BCUT2D eigenvalue weighted by atomic mass is 32.2. The molecule has 5 rings (SSSR count). The van der Waals surface area contributed by atoms with Gasteiger partial charge in [-0.05, 0) is 130 Å². The summed E-state index contributed by atoms with van der Waals surface area (Å²) in [6, 6.07) is 0. The SMILES string of the molecule is C=C(NS(=O)C1C=CC(C)=CC1)OCCCCC1CC[C@H]2C3C[C@H](CC)C4CCCCC4(C)[C@H]3CCC12C. The highest BCUT2D eigenvalue weighted by molar-refractivity contribution is 7.84. The molecule has 0 bridgehead atoms. The summed E-state index contributed by atoms with van der Waals surface area (Å²) in [6.07, 6.45) is 25.4. The Hall–Kier alpha value is -1.03. The Balaban J connectivity index is 1.08. The first-order chi connectivity index (χ1) is 18.3. The lowest BCUT2D eigenvalue weighted by molar-refractivity contribution is -0.135. The summed E-state index contributed by atoms with van der Waals surface area (Å²) in [7, 11) is -1.19. The first-order valence-corrected chi connectivity index (χ1v) is 17.3. The van der Waals surface area contributed by atoms with E-state index in [4.69, 9.17) is 4.74 Å².